The molecule has 0 aromatic heterocycles. The third-order valence-corrected chi connectivity index (χ3v) is 2.19. The average molecular weight is 237 g/mol. The van der Waals surface area contributed by atoms with Crippen LogP contribution in [-0.2, 0) is 0 Å². The lowest BCUT2D eigenvalue weighted by molar-refractivity contribution is 0.365. The lowest BCUT2D eigenvalue weighted by atomic mass is 10.2. The summed E-state index contributed by atoms with van der Waals surface area (Å²) in [6, 6.07) is 8.93. The van der Waals surface area contributed by atoms with Gasteiger partial charge in [-0.15, -0.1) is 0 Å². The molecular formula is C9H5BrN2O. The first-order valence-electron chi connectivity index (χ1n) is 3.48. The molecule has 0 N–H and O–H groups in total. The van der Waals surface area contributed by atoms with Gasteiger partial charge in [-0.2, -0.15) is 10.5 Å². The molecule has 0 saturated carbocycles. The molecule has 0 spiro atoms. The van der Waals surface area contributed by atoms with E-state index in [9.17, 15) is 0 Å². The summed E-state index contributed by atoms with van der Waals surface area (Å²) >= 11 is 3.21. The van der Waals surface area contributed by atoms with Crippen LogP contribution in [0.15, 0.2) is 22.7 Å². The quantitative estimate of drug-likeness (QED) is 0.792. The smallest absolute Gasteiger partial charge is 0.174 e. The van der Waals surface area contributed by atoms with Gasteiger partial charge in [-0.3, -0.25) is 0 Å². The molecule has 0 aliphatic carbocycles. The highest BCUT2D eigenvalue weighted by atomic mass is 79.9. The minimum Gasteiger partial charge on any atom is -0.478 e. The van der Waals surface area contributed by atoms with Crippen molar-refractivity contribution in [2.24, 2.45) is 0 Å². The molecule has 0 atom stereocenters. The summed E-state index contributed by atoms with van der Waals surface area (Å²) < 4.78 is 5.66. The molecule has 1 aromatic carbocycles. The highest BCUT2D eigenvalue weighted by Gasteiger charge is 2.04. The molecule has 0 heterocycles. The van der Waals surface area contributed by atoms with E-state index in [1.807, 2.05) is 12.1 Å². The van der Waals surface area contributed by atoms with Crippen LogP contribution in [0.4, 0.5) is 0 Å². The van der Waals surface area contributed by atoms with Crippen LogP contribution in [0, 0.1) is 22.7 Å². The third-order valence-electron chi connectivity index (χ3n) is 1.38. The maximum absolute atomic E-state index is 8.67. The molecular weight excluding hydrogens is 232 g/mol. The molecule has 0 unspecified atom stereocenters. The van der Waals surface area contributed by atoms with Crippen LogP contribution in [0.25, 0.3) is 0 Å². The fraction of sp³-hybridized carbons (Fsp3) is 0.111. The molecule has 0 radical (unpaired) electrons. The van der Waals surface area contributed by atoms with Gasteiger partial charge in [0.05, 0.1) is 10.0 Å². The molecule has 0 saturated heterocycles. The zero-order valence-corrected chi connectivity index (χ0v) is 8.21. The first-order chi connectivity index (χ1) is 6.29. The van der Waals surface area contributed by atoms with Crippen molar-refractivity contribution in [1.29, 1.82) is 10.5 Å². The Hall–Kier alpha value is -1.52. The average Bonchev–Trinajstić information content (AvgIpc) is 2.16. The number of benzene rings is 1. The predicted molar refractivity (Wildman–Crippen MR) is 50.0 cm³/mol. The summed E-state index contributed by atoms with van der Waals surface area (Å²) in [7, 11) is 0. The largest absolute Gasteiger partial charge is 0.478 e. The molecule has 3 nitrogen and oxygen atoms in total. The van der Waals surface area contributed by atoms with E-state index in [1.165, 1.54) is 0 Å². The van der Waals surface area contributed by atoms with E-state index in [4.69, 9.17) is 15.3 Å². The van der Waals surface area contributed by atoms with Crippen molar-refractivity contribution in [3.05, 3.63) is 28.2 Å². The normalized spacial score (nSPS) is 8.54. The summed E-state index contributed by atoms with van der Waals surface area (Å²) in [5.74, 6) is 0.514. The Morgan fingerprint density at radius 2 is 2.15 bits per heavy atom. The minimum atomic E-state index is -0.0204. The second-order valence-corrected chi connectivity index (χ2v) is 2.97. The van der Waals surface area contributed by atoms with Gasteiger partial charge in [0.1, 0.15) is 17.9 Å². The number of halogens is 1. The van der Waals surface area contributed by atoms with E-state index in [0.717, 1.165) is 0 Å². The molecule has 4 heteroatoms. The summed E-state index contributed by atoms with van der Waals surface area (Å²) in [5, 5.41) is 17.0. The number of nitrogens with zero attached hydrogens (tertiary/aromatic N) is 2. The number of hydrogen-bond acceptors (Lipinski definition) is 3. The lowest BCUT2D eigenvalue weighted by Gasteiger charge is -2.04. The Balaban J connectivity index is 2.98. The zero-order valence-electron chi connectivity index (χ0n) is 6.62. The summed E-state index contributed by atoms with van der Waals surface area (Å²) in [6.07, 6.45) is 0. The van der Waals surface area contributed by atoms with Gasteiger partial charge in [0.15, 0.2) is 6.61 Å². The number of rotatable bonds is 2. The highest BCUT2D eigenvalue weighted by Crippen LogP contribution is 2.27. The van der Waals surface area contributed by atoms with E-state index >= 15 is 0 Å². The first kappa shape index (κ1) is 9.57. The van der Waals surface area contributed by atoms with Crippen LogP contribution in [0.3, 0.4) is 0 Å². The highest BCUT2D eigenvalue weighted by molar-refractivity contribution is 9.10. The van der Waals surface area contributed by atoms with Gasteiger partial charge >= 0.3 is 0 Å². The topological polar surface area (TPSA) is 56.8 Å². The summed E-state index contributed by atoms with van der Waals surface area (Å²) in [5.41, 5.74) is 0.496. The van der Waals surface area contributed by atoms with E-state index in [2.05, 4.69) is 15.9 Å². The van der Waals surface area contributed by atoms with Crippen LogP contribution >= 0.6 is 15.9 Å². The van der Waals surface area contributed by atoms with Gasteiger partial charge in [0, 0.05) is 0 Å². The lowest BCUT2D eigenvalue weighted by Crippen LogP contribution is -1.94. The van der Waals surface area contributed by atoms with Crippen LogP contribution in [-0.4, -0.2) is 6.61 Å². The van der Waals surface area contributed by atoms with Gasteiger partial charge in [0.2, 0.25) is 0 Å². The van der Waals surface area contributed by atoms with E-state index in [1.54, 1.807) is 18.2 Å². The van der Waals surface area contributed by atoms with E-state index in [-0.39, 0.29) is 6.61 Å². The van der Waals surface area contributed by atoms with Crippen LogP contribution in [0.5, 0.6) is 5.75 Å². The van der Waals surface area contributed by atoms with Gasteiger partial charge in [0.25, 0.3) is 0 Å². The fourth-order valence-corrected chi connectivity index (χ4v) is 1.29. The Bertz CT molecular complexity index is 390. The second kappa shape index (κ2) is 4.49. The molecule has 0 bridgehead atoms. The maximum atomic E-state index is 8.67. The van der Waals surface area contributed by atoms with Gasteiger partial charge in [-0.25, -0.2) is 0 Å². The van der Waals surface area contributed by atoms with Crippen LogP contribution in [0.2, 0.25) is 0 Å². The van der Waals surface area contributed by atoms with Crippen molar-refractivity contribution in [3.8, 4) is 17.9 Å². The van der Waals surface area contributed by atoms with Crippen molar-refractivity contribution >= 4 is 15.9 Å². The second-order valence-electron chi connectivity index (χ2n) is 2.18. The Kier molecular flexibility index (Phi) is 3.31. The first-order valence-corrected chi connectivity index (χ1v) is 4.27. The number of ether oxygens (including phenoxy) is 1. The van der Waals surface area contributed by atoms with E-state index < -0.39 is 0 Å². The Morgan fingerprint density at radius 3 is 2.77 bits per heavy atom. The van der Waals surface area contributed by atoms with E-state index in [0.29, 0.717) is 15.8 Å². The number of hydrogen-bond donors (Lipinski definition) is 0. The summed E-state index contributed by atoms with van der Waals surface area (Å²) in [4.78, 5) is 0. The molecule has 0 amide bonds. The van der Waals surface area contributed by atoms with Crippen molar-refractivity contribution < 1.29 is 4.74 Å². The van der Waals surface area contributed by atoms with Crippen LogP contribution < -0.4 is 4.74 Å². The standard InChI is InChI=1S/C9H5BrN2O/c10-9-7(6-12)2-1-3-8(9)13-5-4-11/h1-3H,5H2. The van der Waals surface area contributed by atoms with Crippen molar-refractivity contribution in [3.63, 3.8) is 0 Å². The molecule has 0 fully saturated rings. The molecule has 1 aromatic rings. The van der Waals surface area contributed by atoms with Gasteiger partial charge in [-0.05, 0) is 28.1 Å². The zero-order chi connectivity index (χ0) is 9.68. The van der Waals surface area contributed by atoms with Crippen LogP contribution in [0.1, 0.15) is 5.56 Å². The Labute approximate surface area is 84.3 Å². The van der Waals surface area contributed by atoms with Crippen molar-refractivity contribution in [1.82, 2.24) is 0 Å². The number of nitriles is 2. The van der Waals surface area contributed by atoms with Crippen molar-refractivity contribution in [2.75, 3.05) is 6.61 Å². The van der Waals surface area contributed by atoms with Gasteiger partial charge < -0.3 is 4.74 Å². The summed E-state index contributed by atoms with van der Waals surface area (Å²) in [6.45, 7) is -0.0204. The minimum absolute atomic E-state index is 0.0204. The molecule has 0 aliphatic heterocycles. The molecule has 64 valence electrons. The SMILES string of the molecule is N#CCOc1cccc(C#N)c1Br. The Morgan fingerprint density at radius 1 is 1.38 bits per heavy atom. The fourth-order valence-electron chi connectivity index (χ4n) is 0.819. The molecule has 0 aliphatic rings. The van der Waals surface area contributed by atoms with Crippen molar-refractivity contribution in [2.45, 2.75) is 0 Å². The predicted octanol–water partition coefficient (Wildman–Crippen LogP) is 2.22. The maximum Gasteiger partial charge on any atom is 0.174 e. The monoisotopic (exact) mass is 236 g/mol. The third kappa shape index (κ3) is 2.21. The van der Waals surface area contributed by atoms with Gasteiger partial charge in [-0.1, -0.05) is 6.07 Å². The molecule has 13 heavy (non-hydrogen) atoms. The molecule has 1 rings (SSSR count).